The van der Waals surface area contributed by atoms with E-state index in [0.717, 1.165) is 43.2 Å². The average Bonchev–Trinajstić information content (AvgIpc) is 3.56. The molecule has 0 aliphatic carbocycles. The molecule has 1 N–H and O–H groups in total. The van der Waals surface area contributed by atoms with Crippen LogP contribution in [-0.4, -0.2) is 80.4 Å². The van der Waals surface area contributed by atoms with Crippen LogP contribution in [0.2, 0.25) is 0 Å². The number of rotatable bonds is 6. The fourth-order valence-corrected chi connectivity index (χ4v) is 4.85. The van der Waals surface area contributed by atoms with Gasteiger partial charge in [0, 0.05) is 44.0 Å². The van der Waals surface area contributed by atoms with E-state index in [1.165, 1.54) is 0 Å². The molecule has 2 aliphatic heterocycles. The van der Waals surface area contributed by atoms with Gasteiger partial charge < -0.3 is 9.73 Å². The van der Waals surface area contributed by atoms with Crippen molar-refractivity contribution >= 4 is 11.7 Å². The Morgan fingerprint density at radius 3 is 2.68 bits per heavy atom. The van der Waals surface area contributed by atoms with Gasteiger partial charge in [0.1, 0.15) is 17.7 Å². The summed E-state index contributed by atoms with van der Waals surface area (Å²) in [7, 11) is 0. The van der Waals surface area contributed by atoms with E-state index in [-0.39, 0.29) is 12.5 Å². The van der Waals surface area contributed by atoms with Crippen LogP contribution < -0.4 is 5.32 Å². The number of nitrogens with zero attached hydrogens (tertiary/aromatic N) is 6. The van der Waals surface area contributed by atoms with E-state index in [1.54, 1.807) is 10.7 Å². The summed E-state index contributed by atoms with van der Waals surface area (Å²) in [5.41, 5.74) is 1.80. The van der Waals surface area contributed by atoms with Crippen molar-refractivity contribution in [1.82, 2.24) is 29.5 Å². The molecule has 5 heterocycles. The normalized spacial score (nSPS) is 21.4. The zero-order chi connectivity index (χ0) is 23.8. The predicted octanol–water partition coefficient (Wildman–Crippen LogP) is 2.90. The second kappa shape index (κ2) is 9.27. The zero-order valence-corrected chi connectivity index (χ0v) is 19.8. The quantitative estimate of drug-likeness (QED) is 0.596. The van der Waals surface area contributed by atoms with Gasteiger partial charge in [-0.1, -0.05) is 0 Å². The molecular formula is C24H30FN7O2. The summed E-state index contributed by atoms with van der Waals surface area (Å²) in [4.78, 5) is 26.4. The molecule has 3 aromatic rings. The minimum Gasteiger partial charge on any atom is -0.458 e. The molecule has 10 heteroatoms. The number of halogens is 1. The molecule has 0 spiro atoms. The molecule has 180 valence electrons. The maximum Gasteiger partial charge on any atom is 0.239 e. The summed E-state index contributed by atoms with van der Waals surface area (Å²) < 4.78 is 21.0. The van der Waals surface area contributed by atoms with Gasteiger partial charge in [-0.05, 0) is 51.8 Å². The minimum absolute atomic E-state index is 0.148. The fourth-order valence-electron chi connectivity index (χ4n) is 4.85. The maximum absolute atomic E-state index is 13.6. The third-order valence-electron chi connectivity index (χ3n) is 6.46. The highest BCUT2D eigenvalue weighted by atomic mass is 19.1. The summed E-state index contributed by atoms with van der Waals surface area (Å²) in [5, 5.41) is 7.44. The summed E-state index contributed by atoms with van der Waals surface area (Å²) in [6, 6.07) is 7.66. The van der Waals surface area contributed by atoms with E-state index < -0.39 is 6.17 Å². The van der Waals surface area contributed by atoms with Gasteiger partial charge in [0.15, 0.2) is 17.4 Å². The summed E-state index contributed by atoms with van der Waals surface area (Å²) in [5.74, 6) is 2.45. The molecule has 2 saturated heterocycles. The number of alkyl halides is 1. The molecule has 0 saturated carbocycles. The van der Waals surface area contributed by atoms with Gasteiger partial charge in [-0.25, -0.2) is 19.0 Å². The molecule has 2 atom stereocenters. The molecule has 34 heavy (non-hydrogen) atoms. The lowest BCUT2D eigenvalue weighted by molar-refractivity contribution is -0.117. The summed E-state index contributed by atoms with van der Waals surface area (Å²) in [6.07, 6.45) is 0.843. The molecule has 0 bridgehead atoms. The highest BCUT2D eigenvalue weighted by Crippen LogP contribution is 2.24. The monoisotopic (exact) mass is 467 g/mol. The third-order valence-corrected chi connectivity index (χ3v) is 6.46. The van der Waals surface area contributed by atoms with Crippen molar-refractivity contribution in [3.8, 4) is 17.4 Å². The van der Waals surface area contributed by atoms with Gasteiger partial charge in [-0.15, -0.1) is 0 Å². The van der Waals surface area contributed by atoms with Gasteiger partial charge in [0.2, 0.25) is 5.91 Å². The largest absolute Gasteiger partial charge is 0.458 e. The molecule has 1 amide bonds. The van der Waals surface area contributed by atoms with Crippen molar-refractivity contribution in [3.05, 3.63) is 41.4 Å². The molecule has 0 aromatic carbocycles. The van der Waals surface area contributed by atoms with Crippen LogP contribution >= 0.6 is 0 Å². The second-order valence-corrected chi connectivity index (χ2v) is 9.29. The Balaban J connectivity index is 1.32. The number of amides is 1. The Kier molecular flexibility index (Phi) is 6.18. The van der Waals surface area contributed by atoms with Crippen LogP contribution in [0.25, 0.3) is 17.4 Å². The summed E-state index contributed by atoms with van der Waals surface area (Å²) >= 11 is 0. The molecular weight excluding hydrogens is 437 g/mol. The van der Waals surface area contributed by atoms with E-state index >= 15 is 0 Å². The number of hydrogen-bond donors (Lipinski definition) is 1. The van der Waals surface area contributed by atoms with Gasteiger partial charge >= 0.3 is 0 Å². The number of carbonyl (C=O) groups is 1. The molecule has 2 aliphatic rings. The summed E-state index contributed by atoms with van der Waals surface area (Å²) in [6.45, 7) is 8.90. The van der Waals surface area contributed by atoms with Crippen molar-refractivity contribution < 1.29 is 13.6 Å². The van der Waals surface area contributed by atoms with Crippen molar-refractivity contribution in [2.75, 3.05) is 38.0 Å². The minimum atomic E-state index is -0.723. The van der Waals surface area contributed by atoms with Crippen LogP contribution in [0.5, 0.6) is 0 Å². The Hall–Kier alpha value is -3.11. The number of hydrogen-bond acceptors (Lipinski definition) is 7. The maximum atomic E-state index is 13.6. The highest BCUT2D eigenvalue weighted by Gasteiger charge is 2.33. The Morgan fingerprint density at radius 2 is 2.00 bits per heavy atom. The lowest BCUT2D eigenvalue weighted by Crippen LogP contribution is -2.38. The topological polar surface area (TPSA) is 92.3 Å². The first-order valence-corrected chi connectivity index (χ1v) is 11.7. The first-order valence-electron chi connectivity index (χ1n) is 11.7. The number of aryl methyl sites for hydroxylation is 3. The Bertz CT molecular complexity index is 1190. The Morgan fingerprint density at radius 1 is 1.15 bits per heavy atom. The van der Waals surface area contributed by atoms with Gasteiger partial charge in [-0.2, -0.15) is 5.10 Å². The van der Waals surface area contributed by atoms with E-state index in [9.17, 15) is 9.18 Å². The fraction of sp³-hybridized carbons (Fsp3) is 0.500. The third kappa shape index (κ3) is 4.88. The number of furan rings is 1. The second-order valence-electron chi connectivity index (χ2n) is 9.29. The molecule has 2 unspecified atom stereocenters. The van der Waals surface area contributed by atoms with Gasteiger partial charge in [0.05, 0.1) is 12.2 Å². The van der Waals surface area contributed by atoms with Crippen molar-refractivity contribution in [2.24, 2.45) is 0 Å². The van der Waals surface area contributed by atoms with Crippen LogP contribution in [-0.2, 0) is 4.79 Å². The first-order chi connectivity index (χ1) is 16.3. The number of carbonyl (C=O) groups excluding carboxylic acids is 1. The van der Waals surface area contributed by atoms with Crippen LogP contribution in [0.15, 0.2) is 28.7 Å². The van der Waals surface area contributed by atoms with Crippen LogP contribution in [0.4, 0.5) is 10.2 Å². The van der Waals surface area contributed by atoms with Crippen LogP contribution in [0.3, 0.4) is 0 Å². The van der Waals surface area contributed by atoms with Crippen LogP contribution in [0.1, 0.15) is 30.0 Å². The van der Waals surface area contributed by atoms with E-state index in [0.29, 0.717) is 42.2 Å². The lowest BCUT2D eigenvalue weighted by Gasteiger charge is -2.23. The molecule has 5 rings (SSSR count). The highest BCUT2D eigenvalue weighted by molar-refractivity contribution is 5.91. The number of aromatic nitrogens is 4. The average molecular weight is 468 g/mol. The molecule has 9 nitrogen and oxygen atoms in total. The van der Waals surface area contributed by atoms with Crippen LogP contribution in [0, 0.1) is 20.8 Å². The zero-order valence-electron chi connectivity index (χ0n) is 19.8. The first kappa shape index (κ1) is 22.7. The van der Waals surface area contributed by atoms with Crippen molar-refractivity contribution in [1.29, 1.82) is 0 Å². The smallest absolute Gasteiger partial charge is 0.239 e. The Labute approximate surface area is 198 Å². The van der Waals surface area contributed by atoms with Gasteiger partial charge in [0.25, 0.3) is 0 Å². The number of likely N-dealkylation sites (tertiary alicyclic amines) is 2. The molecule has 3 aromatic heterocycles. The SMILES string of the molecule is Cc1cc(C)n(-c2cc(NC(=O)CN3CCC(N4CCC(F)C4)C3)nc(-c3ccc(C)o3)n2)n1. The van der Waals surface area contributed by atoms with Gasteiger partial charge in [-0.3, -0.25) is 14.6 Å². The molecule has 0 radical (unpaired) electrons. The van der Waals surface area contributed by atoms with E-state index in [4.69, 9.17) is 4.42 Å². The lowest BCUT2D eigenvalue weighted by atomic mass is 10.2. The number of nitrogens with one attached hydrogen (secondary N) is 1. The predicted molar refractivity (Wildman–Crippen MR) is 126 cm³/mol. The van der Waals surface area contributed by atoms with E-state index in [1.807, 2.05) is 39.0 Å². The van der Waals surface area contributed by atoms with Crippen molar-refractivity contribution in [2.45, 2.75) is 45.8 Å². The standard InChI is InChI=1S/C24H30FN7O2/c1-15-10-16(2)32(29-15)22-11-21(27-24(28-22)20-5-4-17(3)34-20)26-23(33)14-30-8-7-19(13-30)31-9-6-18(25)12-31/h4-5,10-11,18-19H,6-9,12-14H2,1-3H3,(H,26,27,28,33). The van der Waals surface area contributed by atoms with Crippen molar-refractivity contribution in [3.63, 3.8) is 0 Å². The van der Waals surface area contributed by atoms with E-state index in [2.05, 4.69) is 30.2 Å². The molecule has 2 fully saturated rings. The number of anilines is 1.